The smallest absolute Gasteiger partial charge is 0.348 e. The van der Waals surface area contributed by atoms with Gasteiger partial charge in [-0.1, -0.05) is 12.5 Å². The summed E-state index contributed by atoms with van der Waals surface area (Å²) >= 11 is 0. The van der Waals surface area contributed by atoms with E-state index in [0.717, 1.165) is 37.0 Å². The van der Waals surface area contributed by atoms with Crippen molar-refractivity contribution in [1.29, 1.82) is 0 Å². The molecule has 9 heteroatoms. The van der Waals surface area contributed by atoms with E-state index in [1.54, 1.807) is 6.08 Å². The molecule has 7 unspecified atom stereocenters. The fourth-order valence-electron chi connectivity index (χ4n) is 8.44. The first-order valence-corrected chi connectivity index (χ1v) is 16.4. The third-order valence-electron chi connectivity index (χ3n) is 10.5. The van der Waals surface area contributed by atoms with Gasteiger partial charge in [0.1, 0.15) is 11.0 Å². The van der Waals surface area contributed by atoms with Crippen LogP contribution in [0, 0.1) is 28.6 Å². The Balaban J connectivity index is 1.29. The van der Waals surface area contributed by atoms with Gasteiger partial charge in [-0.2, -0.15) is 0 Å². The van der Waals surface area contributed by atoms with Gasteiger partial charge in [-0.25, -0.2) is 4.79 Å². The summed E-state index contributed by atoms with van der Waals surface area (Å²) in [7, 11) is 0.666. The van der Waals surface area contributed by atoms with Gasteiger partial charge in [-0.15, -0.1) is 0 Å². The van der Waals surface area contributed by atoms with Crippen molar-refractivity contribution in [1.82, 2.24) is 0 Å². The first-order chi connectivity index (χ1) is 17.5. The second-order valence-corrected chi connectivity index (χ2v) is 15.6. The molecule has 0 bridgehead atoms. The molecule has 0 spiro atoms. The summed E-state index contributed by atoms with van der Waals surface area (Å²) in [5.74, 6) is -0.262. The number of aliphatic hydroxyl groups excluding tert-OH is 1. The number of carboxylic acids is 1. The molecular weight excluding hydrogens is 512 g/mol. The fourth-order valence-corrected chi connectivity index (χ4v) is 11.9. The van der Waals surface area contributed by atoms with Crippen LogP contribution < -0.4 is 0 Å². The number of ether oxygens (including phenoxy) is 1. The molecule has 0 aromatic carbocycles. The molecule has 4 aliphatic carbocycles. The standard InChI is InChI=1S/C28H38O7S2/c1-26-12-9-22-20(8-7-17-15-18(29)16-23(30)27(17,22)2)21(26)10-13-28(26,25(32)33)35-24(31)6-4-3-5-19-11-14-36-37(19)34/h15-16,19-22,30H,3-14H2,1-2H3,(H,32,33)/t19-,20?,21?,22?,26?,27?,28?,37?/m1/s1. The van der Waals surface area contributed by atoms with Crippen LogP contribution in [-0.2, 0) is 29.3 Å². The van der Waals surface area contributed by atoms with Crippen LogP contribution in [0.1, 0.15) is 84.5 Å². The summed E-state index contributed by atoms with van der Waals surface area (Å²) in [6.45, 7) is 4.01. The number of rotatable bonds is 7. The second kappa shape index (κ2) is 9.94. The second-order valence-electron chi connectivity index (χ2n) is 12.1. The Morgan fingerprint density at radius 3 is 2.59 bits per heavy atom. The highest BCUT2D eigenvalue weighted by atomic mass is 33.1. The first kappa shape index (κ1) is 27.1. The van der Waals surface area contributed by atoms with Crippen molar-refractivity contribution in [3.63, 3.8) is 0 Å². The number of aliphatic carboxylic acids is 1. The van der Waals surface area contributed by atoms with Crippen LogP contribution >= 0.6 is 10.8 Å². The van der Waals surface area contributed by atoms with Gasteiger partial charge in [0.15, 0.2) is 5.78 Å². The van der Waals surface area contributed by atoms with Crippen LogP contribution in [-0.4, -0.2) is 49.1 Å². The van der Waals surface area contributed by atoms with E-state index in [4.69, 9.17) is 4.74 Å². The van der Waals surface area contributed by atoms with E-state index in [0.29, 0.717) is 38.5 Å². The van der Waals surface area contributed by atoms with E-state index in [-0.39, 0.29) is 41.0 Å². The van der Waals surface area contributed by atoms with Gasteiger partial charge in [0.2, 0.25) is 5.60 Å². The average molecular weight is 551 g/mol. The van der Waals surface area contributed by atoms with Gasteiger partial charge in [-0.05, 0) is 88.5 Å². The number of allylic oxidation sites excluding steroid dienone is 3. The Morgan fingerprint density at radius 1 is 1.14 bits per heavy atom. The number of aliphatic hydroxyl groups is 1. The van der Waals surface area contributed by atoms with Crippen LogP contribution in [0.2, 0.25) is 0 Å². The number of ketones is 1. The minimum atomic E-state index is -1.54. The molecule has 1 aliphatic heterocycles. The zero-order chi connectivity index (χ0) is 26.6. The quantitative estimate of drug-likeness (QED) is 0.190. The number of carbonyl (C=O) groups is 3. The van der Waals surface area contributed by atoms with E-state index in [1.807, 2.05) is 13.8 Å². The molecule has 5 rings (SSSR count). The molecule has 37 heavy (non-hydrogen) atoms. The molecular formula is C28H38O7S2. The van der Waals surface area contributed by atoms with Crippen LogP contribution in [0.25, 0.3) is 0 Å². The Bertz CT molecular complexity index is 1040. The molecule has 204 valence electrons. The van der Waals surface area contributed by atoms with Crippen molar-refractivity contribution in [2.24, 2.45) is 28.6 Å². The normalized spacial score (nSPS) is 42.8. The zero-order valence-corrected chi connectivity index (χ0v) is 23.3. The maximum Gasteiger partial charge on any atom is 0.348 e. The number of hydrogen-bond donors (Lipinski definition) is 2. The summed E-state index contributed by atoms with van der Waals surface area (Å²) in [6.07, 6.45) is 10.2. The molecule has 5 aliphatic rings. The van der Waals surface area contributed by atoms with E-state index < -0.39 is 38.6 Å². The highest BCUT2D eigenvalue weighted by molar-refractivity contribution is 8.72. The van der Waals surface area contributed by atoms with Gasteiger partial charge < -0.3 is 19.5 Å². The van der Waals surface area contributed by atoms with Gasteiger partial charge in [0.05, 0.1) is 10.8 Å². The minimum absolute atomic E-state index is 0.0637. The number of hydrogen-bond acceptors (Lipinski definition) is 7. The summed E-state index contributed by atoms with van der Waals surface area (Å²) < 4.78 is 17.9. The third kappa shape index (κ3) is 4.27. The van der Waals surface area contributed by atoms with Gasteiger partial charge >= 0.3 is 11.9 Å². The number of esters is 1. The SMILES string of the molecule is CC12C(O)=CC(=O)C=C1CCC1C2CCC2(C)C1CCC2(OC(=O)CCCC[C@@H]1CCS[S+]1[O-])C(=O)O. The van der Waals surface area contributed by atoms with Crippen LogP contribution in [0.5, 0.6) is 0 Å². The molecule has 8 atom stereocenters. The van der Waals surface area contributed by atoms with E-state index in [9.17, 15) is 29.1 Å². The maximum absolute atomic E-state index is 13.0. The van der Waals surface area contributed by atoms with Gasteiger partial charge in [0, 0.05) is 45.7 Å². The summed E-state index contributed by atoms with van der Waals surface area (Å²) in [4.78, 5) is 37.8. The van der Waals surface area contributed by atoms with Crippen molar-refractivity contribution >= 4 is 38.7 Å². The van der Waals surface area contributed by atoms with Gasteiger partial charge in [0.25, 0.3) is 0 Å². The molecule has 1 heterocycles. The Hall–Kier alpha value is -1.45. The molecule has 3 saturated carbocycles. The zero-order valence-electron chi connectivity index (χ0n) is 21.7. The average Bonchev–Trinajstić information content (AvgIpc) is 3.38. The van der Waals surface area contributed by atoms with Crippen molar-refractivity contribution in [3.05, 3.63) is 23.5 Å². The lowest BCUT2D eigenvalue weighted by Gasteiger charge is -2.58. The lowest BCUT2D eigenvalue weighted by atomic mass is 9.47. The summed E-state index contributed by atoms with van der Waals surface area (Å²) in [5.41, 5.74) is -1.84. The fraction of sp³-hybridized carbons (Fsp3) is 0.750. The first-order valence-electron chi connectivity index (χ1n) is 13.7. The number of unbranched alkanes of at least 4 members (excludes halogenated alkanes) is 1. The Morgan fingerprint density at radius 2 is 1.89 bits per heavy atom. The van der Waals surface area contributed by atoms with Crippen LogP contribution in [0.4, 0.5) is 0 Å². The monoisotopic (exact) mass is 550 g/mol. The lowest BCUT2D eigenvalue weighted by Crippen LogP contribution is -2.59. The number of carbonyl (C=O) groups excluding carboxylic acids is 2. The van der Waals surface area contributed by atoms with Crippen molar-refractivity contribution in [3.8, 4) is 0 Å². The molecule has 2 N–H and O–H groups in total. The van der Waals surface area contributed by atoms with Crippen LogP contribution in [0.15, 0.2) is 23.5 Å². The molecule has 0 aromatic rings. The molecule has 7 nitrogen and oxygen atoms in total. The molecule has 1 saturated heterocycles. The highest BCUT2D eigenvalue weighted by Crippen LogP contribution is 2.68. The number of fused-ring (bicyclic) bond motifs is 5. The molecule has 4 fully saturated rings. The number of carboxylic acid groups (broad SMARTS) is 1. The highest BCUT2D eigenvalue weighted by Gasteiger charge is 2.69. The summed E-state index contributed by atoms with van der Waals surface area (Å²) in [6, 6.07) is 0. The van der Waals surface area contributed by atoms with Crippen molar-refractivity contribution < 1.29 is 33.9 Å². The molecule has 0 amide bonds. The lowest BCUT2D eigenvalue weighted by molar-refractivity contribution is -0.201. The maximum atomic E-state index is 13.0. The Kier molecular flexibility index (Phi) is 7.29. The Labute approximate surface area is 225 Å². The third-order valence-corrected chi connectivity index (χ3v) is 14.2. The molecule has 0 radical (unpaired) electrons. The van der Waals surface area contributed by atoms with Crippen molar-refractivity contribution in [2.75, 3.05) is 5.75 Å². The predicted octanol–water partition coefficient (Wildman–Crippen LogP) is 5.28. The molecule has 0 aromatic heterocycles. The minimum Gasteiger partial charge on any atom is -0.605 e. The largest absolute Gasteiger partial charge is 0.605 e. The topological polar surface area (TPSA) is 124 Å². The van der Waals surface area contributed by atoms with Crippen LogP contribution in [0.3, 0.4) is 0 Å². The predicted molar refractivity (Wildman–Crippen MR) is 142 cm³/mol. The van der Waals surface area contributed by atoms with Gasteiger partial charge in [-0.3, -0.25) is 9.59 Å². The van der Waals surface area contributed by atoms with E-state index in [2.05, 4.69) is 0 Å². The summed E-state index contributed by atoms with van der Waals surface area (Å²) in [5, 5.41) is 21.5. The van der Waals surface area contributed by atoms with Crippen molar-refractivity contribution in [2.45, 2.75) is 95.3 Å². The van der Waals surface area contributed by atoms with E-state index in [1.165, 1.54) is 16.9 Å². The van der Waals surface area contributed by atoms with E-state index >= 15 is 0 Å².